The van der Waals surface area contributed by atoms with Gasteiger partial charge in [0.2, 0.25) is 11.8 Å². The first-order chi connectivity index (χ1) is 8.82. The van der Waals surface area contributed by atoms with Crippen LogP contribution in [0.4, 0.5) is 0 Å². The van der Waals surface area contributed by atoms with Crippen molar-refractivity contribution in [1.29, 1.82) is 0 Å². The molecule has 4 nitrogen and oxygen atoms in total. The van der Waals surface area contributed by atoms with E-state index in [4.69, 9.17) is 0 Å². The predicted octanol–water partition coefficient (Wildman–Crippen LogP) is 2.03. The molecule has 0 bridgehead atoms. The van der Waals surface area contributed by atoms with Gasteiger partial charge in [-0.2, -0.15) is 0 Å². The number of hydrogen-bond donors (Lipinski definition) is 0. The molecule has 0 aromatic carbocycles. The first-order valence-corrected chi connectivity index (χ1v) is 7.42. The van der Waals surface area contributed by atoms with Crippen LogP contribution in [0, 0.1) is 5.41 Å². The highest BCUT2D eigenvalue weighted by molar-refractivity contribution is 5.90. The average Bonchev–Trinajstić information content (AvgIpc) is 2.48. The maximum Gasteiger partial charge on any atom is 0.245 e. The van der Waals surface area contributed by atoms with Gasteiger partial charge < -0.3 is 9.80 Å². The Balaban J connectivity index is 2.23. The van der Waals surface area contributed by atoms with Crippen molar-refractivity contribution in [3.05, 3.63) is 0 Å². The molecule has 19 heavy (non-hydrogen) atoms. The number of nitrogens with zero attached hydrogens (tertiary/aromatic N) is 2. The van der Waals surface area contributed by atoms with Gasteiger partial charge in [0.05, 0.1) is 0 Å². The summed E-state index contributed by atoms with van der Waals surface area (Å²) in [6, 6.07) is -0.0387. The van der Waals surface area contributed by atoms with Gasteiger partial charge in [0.1, 0.15) is 6.04 Å². The van der Waals surface area contributed by atoms with Crippen LogP contribution in [-0.4, -0.2) is 46.8 Å². The van der Waals surface area contributed by atoms with Crippen LogP contribution in [0.1, 0.15) is 53.4 Å². The minimum absolute atomic E-state index is 0.0442. The number of carbonyl (C=O) groups excluding carboxylic acids is 2. The van der Waals surface area contributed by atoms with Gasteiger partial charge in [-0.15, -0.1) is 0 Å². The largest absolute Gasteiger partial charge is 0.337 e. The summed E-state index contributed by atoms with van der Waals surface area (Å²) < 4.78 is 0. The normalized spacial score (nSPS) is 27.1. The molecule has 108 valence electrons. The molecular formula is C15H26N2O2. The molecule has 2 heterocycles. The number of amides is 2. The third-order valence-corrected chi connectivity index (χ3v) is 4.68. The van der Waals surface area contributed by atoms with E-state index in [0.29, 0.717) is 13.0 Å². The van der Waals surface area contributed by atoms with Crippen LogP contribution in [0.3, 0.4) is 0 Å². The second-order valence-corrected chi connectivity index (χ2v) is 6.92. The lowest BCUT2D eigenvalue weighted by Crippen LogP contribution is -2.53. The Kier molecular flexibility index (Phi) is 3.88. The number of piperidine rings is 1. The molecule has 2 unspecified atom stereocenters. The van der Waals surface area contributed by atoms with Gasteiger partial charge in [-0.3, -0.25) is 9.59 Å². The van der Waals surface area contributed by atoms with Gasteiger partial charge in [-0.25, -0.2) is 0 Å². The number of fused-ring (bicyclic) bond motifs is 1. The molecule has 0 aromatic rings. The minimum atomic E-state index is -0.200. The Hall–Kier alpha value is -1.06. The molecule has 2 saturated heterocycles. The molecule has 2 atom stereocenters. The summed E-state index contributed by atoms with van der Waals surface area (Å²) in [7, 11) is 0. The fourth-order valence-electron chi connectivity index (χ4n) is 3.00. The molecule has 2 aliphatic rings. The molecule has 4 heteroatoms. The molecule has 0 saturated carbocycles. The third-order valence-electron chi connectivity index (χ3n) is 4.68. The smallest absolute Gasteiger partial charge is 0.245 e. The van der Waals surface area contributed by atoms with Crippen LogP contribution >= 0.6 is 0 Å². The van der Waals surface area contributed by atoms with Crippen molar-refractivity contribution >= 4 is 11.8 Å². The predicted molar refractivity (Wildman–Crippen MR) is 74.6 cm³/mol. The van der Waals surface area contributed by atoms with Crippen LogP contribution in [0.2, 0.25) is 0 Å². The second kappa shape index (κ2) is 5.14. The van der Waals surface area contributed by atoms with Crippen molar-refractivity contribution in [2.75, 3.05) is 13.1 Å². The van der Waals surface area contributed by atoms with E-state index in [-0.39, 0.29) is 29.3 Å². The highest BCUT2D eigenvalue weighted by atomic mass is 16.2. The summed E-state index contributed by atoms with van der Waals surface area (Å²) in [5, 5.41) is 0. The molecule has 0 aliphatic carbocycles. The summed E-state index contributed by atoms with van der Waals surface area (Å²) >= 11 is 0. The summed E-state index contributed by atoms with van der Waals surface area (Å²) in [4.78, 5) is 28.7. The Labute approximate surface area is 116 Å². The Morgan fingerprint density at radius 2 is 1.84 bits per heavy atom. The van der Waals surface area contributed by atoms with Gasteiger partial charge in [-0.05, 0) is 31.6 Å². The molecule has 0 N–H and O–H groups in total. The topological polar surface area (TPSA) is 40.6 Å². The molecular weight excluding hydrogens is 240 g/mol. The average molecular weight is 266 g/mol. The van der Waals surface area contributed by atoms with E-state index in [9.17, 15) is 9.59 Å². The standard InChI is InChI=1S/C15H26N2O2/c1-11(15(2,3)4)16-10-8-13(18)17-9-6-5-7-12(17)14(16)19/h11-12H,5-10H2,1-4H3. The Bertz CT molecular complexity index is 373. The van der Waals surface area contributed by atoms with Crippen molar-refractivity contribution in [2.24, 2.45) is 5.41 Å². The second-order valence-electron chi connectivity index (χ2n) is 6.92. The SMILES string of the molecule is CC(N1CCC(=O)N2CCCCC2C1=O)C(C)(C)C. The van der Waals surface area contributed by atoms with Gasteiger partial charge in [0.25, 0.3) is 0 Å². The van der Waals surface area contributed by atoms with E-state index in [1.54, 1.807) is 0 Å². The van der Waals surface area contributed by atoms with E-state index in [2.05, 4.69) is 27.7 Å². The maximum atomic E-state index is 12.7. The van der Waals surface area contributed by atoms with Gasteiger partial charge >= 0.3 is 0 Å². The Morgan fingerprint density at radius 3 is 2.47 bits per heavy atom. The minimum Gasteiger partial charge on any atom is -0.337 e. The molecule has 0 spiro atoms. The van der Waals surface area contributed by atoms with Crippen molar-refractivity contribution in [3.8, 4) is 0 Å². The molecule has 2 aliphatic heterocycles. The van der Waals surface area contributed by atoms with Gasteiger partial charge in [-0.1, -0.05) is 20.8 Å². The van der Waals surface area contributed by atoms with Crippen LogP contribution in [0.15, 0.2) is 0 Å². The highest BCUT2D eigenvalue weighted by Crippen LogP contribution is 2.29. The van der Waals surface area contributed by atoms with E-state index >= 15 is 0 Å². The quantitative estimate of drug-likeness (QED) is 0.728. The van der Waals surface area contributed by atoms with Crippen LogP contribution in [-0.2, 0) is 9.59 Å². The van der Waals surface area contributed by atoms with Gasteiger partial charge in [0, 0.05) is 25.6 Å². The van der Waals surface area contributed by atoms with E-state index in [1.807, 2.05) is 9.80 Å². The third kappa shape index (κ3) is 2.77. The monoisotopic (exact) mass is 266 g/mol. The molecule has 0 radical (unpaired) electrons. The van der Waals surface area contributed by atoms with Crippen LogP contribution < -0.4 is 0 Å². The molecule has 0 aromatic heterocycles. The molecule has 2 amide bonds. The van der Waals surface area contributed by atoms with Crippen LogP contribution in [0.5, 0.6) is 0 Å². The first-order valence-electron chi connectivity index (χ1n) is 7.42. The van der Waals surface area contributed by atoms with E-state index < -0.39 is 0 Å². The number of carbonyl (C=O) groups is 2. The lowest BCUT2D eigenvalue weighted by Gasteiger charge is -2.40. The van der Waals surface area contributed by atoms with Crippen molar-refractivity contribution in [3.63, 3.8) is 0 Å². The summed E-state index contributed by atoms with van der Waals surface area (Å²) in [5.41, 5.74) is 0.0442. The lowest BCUT2D eigenvalue weighted by molar-refractivity contribution is -0.145. The summed E-state index contributed by atoms with van der Waals surface area (Å²) in [5.74, 6) is 0.314. The zero-order valence-electron chi connectivity index (χ0n) is 12.6. The lowest BCUT2D eigenvalue weighted by atomic mass is 9.86. The highest BCUT2D eigenvalue weighted by Gasteiger charge is 2.41. The van der Waals surface area contributed by atoms with E-state index in [1.165, 1.54) is 0 Å². The fourth-order valence-corrected chi connectivity index (χ4v) is 3.00. The van der Waals surface area contributed by atoms with Crippen molar-refractivity contribution in [1.82, 2.24) is 9.80 Å². The van der Waals surface area contributed by atoms with Crippen LogP contribution in [0.25, 0.3) is 0 Å². The maximum absolute atomic E-state index is 12.7. The zero-order valence-corrected chi connectivity index (χ0v) is 12.6. The molecule has 2 fully saturated rings. The van der Waals surface area contributed by atoms with Crippen molar-refractivity contribution < 1.29 is 9.59 Å². The van der Waals surface area contributed by atoms with Crippen molar-refractivity contribution in [2.45, 2.75) is 65.5 Å². The number of hydrogen-bond acceptors (Lipinski definition) is 2. The Morgan fingerprint density at radius 1 is 1.16 bits per heavy atom. The zero-order chi connectivity index (χ0) is 14.2. The summed E-state index contributed by atoms with van der Waals surface area (Å²) in [6.07, 6.45) is 3.39. The van der Waals surface area contributed by atoms with Gasteiger partial charge in [0.15, 0.2) is 0 Å². The number of rotatable bonds is 1. The fraction of sp³-hybridized carbons (Fsp3) is 0.867. The summed E-state index contributed by atoms with van der Waals surface area (Å²) in [6.45, 7) is 9.87. The van der Waals surface area contributed by atoms with E-state index in [0.717, 1.165) is 25.8 Å². The first kappa shape index (κ1) is 14.4. The molecule has 2 rings (SSSR count).